The van der Waals surface area contributed by atoms with Gasteiger partial charge in [-0.2, -0.15) is 5.26 Å². The van der Waals surface area contributed by atoms with Crippen LogP contribution in [0.15, 0.2) is 51.0 Å². The van der Waals surface area contributed by atoms with Gasteiger partial charge in [0, 0.05) is 31.0 Å². The maximum Gasteiger partial charge on any atom is 0.267 e. The highest BCUT2D eigenvalue weighted by atomic mass is 79.9. The second-order valence-electron chi connectivity index (χ2n) is 4.55. The molecule has 2 heterocycles. The SMILES string of the molecule is N#Cc1c(-c2cc(Br)cs2)cc(-c2ccc(Cl)cc2)[nH]c1=O. The minimum Gasteiger partial charge on any atom is -0.321 e. The van der Waals surface area contributed by atoms with Gasteiger partial charge in [0.15, 0.2) is 0 Å². The fraction of sp³-hybridized carbons (Fsp3) is 0. The summed E-state index contributed by atoms with van der Waals surface area (Å²) in [5, 5.41) is 11.8. The molecule has 0 aliphatic rings. The van der Waals surface area contributed by atoms with Crippen molar-refractivity contribution in [1.82, 2.24) is 4.98 Å². The number of aromatic amines is 1. The van der Waals surface area contributed by atoms with E-state index >= 15 is 0 Å². The lowest BCUT2D eigenvalue weighted by atomic mass is 10.0. The van der Waals surface area contributed by atoms with Crippen molar-refractivity contribution in [2.45, 2.75) is 0 Å². The van der Waals surface area contributed by atoms with Crippen LogP contribution in [0.4, 0.5) is 0 Å². The fourth-order valence-corrected chi connectivity index (χ4v) is 3.68. The van der Waals surface area contributed by atoms with Crippen LogP contribution in [0.3, 0.4) is 0 Å². The molecule has 0 fully saturated rings. The van der Waals surface area contributed by atoms with Crippen LogP contribution in [0.25, 0.3) is 21.7 Å². The zero-order valence-electron chi connectivity index (χ0n) is 11.1. The van der Waals surface area contributed by atoms with Crippen molar-refractivity contribution in [1.29, 1.82) is 5.26 Å². The molecule has 1 aromatic carbocycles. The van der Waals surface area contributed by atoms with Crippen LogP contribution in [-0.4, -0.2) is 4.98 Å². The molecule has 2 aromatic heterocycles. The number of H-pyrrole nitrogens is 1. The molecule has 0 saturated heterocycles. The number of aromatic nitrogens is 1. The van der Waals surface area contributed by atoms with E-state index in [1.807, 2.05) is 35.7 Å². The second-order valence-corrected chi connectivity index (χ2v) is 6.81. The molecule has 0 unspecified atom stereocenters. The number of hydrogen-bond donors (Lipinski definition) is 1. The smallest absolute Gasteiger partial charge is 0.267 e. The topological polar surface area (TPSA) is 56.6 Å². The molecule has 3 rings (SSSR count). The fourth-order valence-electron chi connectivity index (χ4n) is 2.10. The highest BCUT2D eigenvalue weighted by molar-refractivity contribution is 9.10. The minimum absolute atomic E-state index is 0.118. The Morgan fingerprint density at radius 2 is 1.95 bits per heavy atom. The Balaban J connectivity index is 2.23. The molecule has 0 amide bonds. The molecule has 0 spiro atoms. The van der Waals surface area contributed by atoms with Crippen LogP contribution in [0.2, 0.25) is 5.02 Å². The Morgan fingerprint density at radius 3 is 2.55 bits per heavy atom. The molecule has 3 aromatic rings. The van der Waals surface area contributed by atoms with Crippen LogP contribution >= 0.6 is 38.9 Å². The Hall–Kier alpha value is -1.87. The van der Waals surface area contributed by atoms with Crippen molar-refractivity contribution in [2.75, 3.05) is 0 Å². The highest BCUT2D eigenvalue weighted by Crippen LogP contribution is 2.33. The Morgan fingerprint density at radius 1 is 1.23 bits per heavy atom. The van der Waals surface area contributed by atoms with Crippen LogP contribution in [0, 0.1) is 11.3 Å². The van der Waals surface area contributed by atoms with Crippen LogP contribution < -0.4 is 5.56 Å². The first-order valence-electron chi connectivity index (χ1n) is 6.26. The summed E-state index contributed by atoms with van der Waals surface area (Å²) in [4.78, 5) is 15.8. The molecule has 1 N–H and O–H groups in total. The van der Waals surface area contributed by atoms with Gasteiger partial charge in [-0.3, -0.25) is 4.79 Å². The van der Waals surface area contributed by atoms with Gasteiger partial charge in [-0.05, 0) is 45.8 Å². The predicted molar refractivity (Wildman–Crippen MR) is 93.2 cm³/mol. The van der Waals surface area contributed by atoms with E-state index in [1.54, 1.807) is 12.1 Å². The summed E-state index contributed by atoms with van der Waals surface area (Å²) in [5.74, 6) is 0. The van der Waals surface area contributed by atoms with E-state index in [-0.39, 0.29) is 5.56 Å². The van der Waals surface area contributed by atoms with Gasteiger partial charge in [-0.15, -0.1) is 11.3 Å². The number of pyridine rings is 1. The van der Waals surface area contributed by atoms with Gasteiger partial charge in [0.05, 0.1) is 0 Å². The molecule has 0 atom stereocenters. The van der Waals surface area contributed by atoms with E-state index in [2.05, 4.69) is 20.9 Å². The monoisotopic (exact) mass is 390 g/mol. The molecule has 22 heavy (non-hydrogen) atoms. The number of nitriles is 1. The van der Waals surface area contributed by atoms with Crippen molar-refractivity contribution in [3.8, 4) is 27.8 Å². The summed E-state index contributed by atoms with van der Waals surface area (Å²) >= 11 is 10.8. The van der Waals surface area contributed by atoms with E-state index < -0.39 is 5.56 Å². The maximum absolute atomic E-state index is 12.2. The zero-order chi connectivity index (χ0) is 15.7. The number of halogens is 2. The number of hydrogen-bond acceptors (Lipinski definition) is 3. The predicted octanol–water partition coefficient (Wildman–Crippen LogP) is 5.06. The second kappa shape index (κ2) is 6.09. The van der Waals surface area contributed by atoms with Crippen molar-refractivity contribution >= 4 is 38.9 Å². The molecule has 3 nitrogen and oxygen atoms in total. The first kappa shape index (κ1) is 15.0. The summed E-state index contributed by atoms with van der Waals surface area (Å²) < 4.78 is 0.921. The third kappa shape index (κ3) is 2.86. The van der Waals surface area contributed by atoms with E-state index in [4.69, 9.17) is 11.6 Å². The molecule has 0 aliphatic carbocycles. The lowest BCUT2D eigenvalue weighted by Crippen LogP contribution is -2.12. The Kier molecular flexibility index (Phi) is 4.16. The van der Waals surface area contributed by atoms with Gasteiger partial charge in [-0.1, -0.05) is 23.7 Å². The molecular formula is C16H8BrClN2OS. The van der Waals surface area contributed by atoms with E-state index in [0.717, 1.165) is 14.9 Å². The number of nitrogens with zero attached hydrogens (tertiary/aromatic N) is 1. The average Bonchev–Trinajstić information content (AvgIpc) is 2.93. The number of benzene rings is 1. The third-order valence-corrected chi connectivity index (χ3v) is 5.11. The van der Waals surface area contributed by atoms with Gasteiger partial charge in [0.2, 0.25) is 0 Å². The Bertz CT molecular complexity index is 938. The summed E-state index contributed by atoms with van der Waals surface area (Å²) in [6.45, 7) is 0. The zero-order valence-corrected chi connectivity index (χ0v) is 14.2. The molecular weight excluding hydrogens is 384 g/mol. The molecule has 0 bridgehead atoms. The van der Waals surface area contributed by atoms with E-state index in [9.17, 15) is 10.1 Å². The summed E-state index contributed by atoms with van der Waals surface area (Å²) in [6.07, 6.45) is 0. The van der Waals surface area contributed by atoms with Crippen molar-refractivity contribution in [3.05, 3.63) is 67.2 Å². The largest absolute Gasteiger partial charge is 0.321 e. The quantitative estimate of drug-likeness (QED) is 0.664. The summed E-state index contributed by atoms with van der Waals surface area (Å²) in [7, 11) is 0. The van der Waals surface area contributed by atoms with Crippen molar-refractivity contribution < 1.29 is 0 Å². The number of rotatable bonds is 2. The Labute approximate surface area is 143 Å². The molecule has 6 heteroatoms. The van der Waals surface area contributed by atoms with Crippen molar-refractivity contribution in [3.63, 3.8) is 0 Å². The van der Waals surface area contributed by atoms with Gasteiger partial charge in [0.25, 0.3) is 5.56 Å². The summed E-state index contributed by atoms with van der Waals surface area (Å²) in [6, 6.07) is 12.9. The molecule has 0 aliphatic heterocycles. The van der Waals surface area contributed by atoms with Gasteiger partial charge in [-0.25, -0.2) is 0 Å². The van der Waals surface area contributed by atoms with Crippen molar-refractivity contribution in [2.24, 2.45) is 0 Å². The third-order valence-electron chi connectivity index (χ3n) is 3.13. The van der Waals surface area contributed by atoms with Crippen LogP contribution in [-0.2, 0) is 0 Å². The number of thiophene rings is 1. The molecule has 0 radical (unpaired) electrons. The normalized spacial score (nSPS) is 10.4. The standard InChI is InChI=1S/C16H8BrClN2OS/c17-10-5-15(22-8-10)12-6-14(20-16(21)13(12)7-19)9-1-3-11(18)4-2-9/h1-6,8H,(H,20,21). The van der Waals surface area contributed by atoms with Gasteiger partial charge < -0.3 is 4.98 Å². The van der Waals surface area contributed by atoms with Crippen LogP contribution in [0.1, 0.15) is 5.56 Å². The first-order valence-corrected chi connectivity index (χ1v) is 8.31. The lowest BCUT2D eigenvalue weighted by molar-refractivity contribution is 1.22. The minimum atomic E-state index is -0.394. The van der Waals surface area contributed by atoms with E-state index in [0.29, 0.717) is 16.3 Å². The average molecular weight is 392 g/mol. The number of nitrogens with one attached hydrogen (secondary N) is 1. The molecule has 0 saturated carbocycles. The molecule has 108 valence electrons. The van der Waals surface area contributed by atoms with E-state index in [1.165, 1.54) is 11.3 Å². The first-order chi connectivity index (χ1) is 10.6. The summed E-state index contributed by atoms with van der Waals surface area (Å²) in [5.41, 5.74) is 1.84. The van der Waals surface area contributed by atoms with Gasteiger partial charge >= 0.3 is 0 Å². The highest BCUT2D eigenvalue weighted by Gasteiger charge is 2.14. The lowest BCUT2D eigenvalue weighted by Gasteiger charge is -2.06. The maximum atomic E-state index is 12.2. The van der Waals surface area contributed by atoms with Crippen LogP contribution in [0.5, 0.6) is 0 Å². The van der Waals surface area contributed by atoms with Gasteiger partial charge in [0.1, 0.15) is 11.6 Å².